The van der Waals surface area contributed by atoms with Crippen molar-refractivity contribution in [3.8, 4) is 0 Å². The van der Waals surface area contributed by atoms with Crippen LogP contribution in [0.15, 0.2) is 41.2 Å². The van der Waals surface area contributed by atoms with Gasteiger partial charge in [-0.05, 0) is 44.2 Å². The van der Waals surface area contributed by atoms with Crippen molar-refractivity contribution < 1.29 is 4.79 Å². The number of amides is 1. The largest absolute Gasteiger partial charge is 0.355 e. The van der Waals surface area contributed by atoms with Gasteiger partial charge >= 0.3 is 0 Å². The van der Waals surface area contributed by atoms with E-state index in [9.17, 15) is 4.79 Å². The first-order valence-electron chi connectivity index (χ1n) is 7.70. The number of carbonyl (C=O) groups excluding carboxylic acids is 1. The van der Waals surface area contributed by atoms with Crippen molar-refractivity contribution in [2.75, 3.05) is 12.3 Å². The molecule has 0 bridgehead atoms. The molecule has 0 unspecified atom stereocenters. The molecule has 116 valence electrons. The molecule has 1 amide bonds. The second-order valence-corrected chi connectivity index (χ2v) is 6.35. The van der Waals surface area contributed by atoms with Crippen LogP contribution in [-0.4, -0.2) is 32.8 Å². The molecule has 2 aromatic heterocycles. The summed E-state index contributed by atoms with van der Waals surface area (Å²) in [7, 11) is 0. The van der Waals surface area contributed by atoms with Crippen LogP contribution >= 0.6 is 11.8 Å². The number of fused-ring (bicyclic) bond motifs is 1. The lowest BCUT2D eigenvalue weighted by Gasteiger charge is -2.12. The fraction of sp³-hybridized carbons (Fsp3) is 0.438. The SMILES string of the molecule is O=C(CSc1nnc2ccccn12)NCCC1=CCCCC1. The number of nitrogens with zero attached hydrogens (tertiary/aromatic N) is 3. The van der Waals surface area contributed by atoms with E-state index >= 15 is 0 Å². The number of carbonyl (C=O) groups is 1. The molecule has 6 heteroatoms. The summed E-state index contributed by atoms with van der Waals surface area (Å²) < 4.78 is 1.89. The second kappa shape index (κ2) is 7.45. The molecule has 0 radical (unpaired) electrons. The van der Waals surface area contributed by atoms with E-state index in [4.69, 9.17) is 0 Å². The molecule has 2 aromatic rings. The average Bonchev–Trinajstić information content (AvgIpc) is 2.97. The minimum atomic E-state index is 0.0501. The smallest absolute Gasteiger partial charge is 0.230 e. The van der Waals surface area contributed by atoms with Crippen LogP contribution in [0.5, 0.6) is 0 Å². The van der Waals surface area contributed by atoms with Gasteiger partial charge in [0.2, 0.25) is 5.91 Å². The molecule has 0 saturated heterocycles. The van der Waals surface area contributed by atoms with E-state index in [0.29, 0.717) is 5.75 Å². The molecule has 22 heavy (non-hydrogen) atoms. The first kappa shape index (κ1) is 15.1. The number of nitrogens with one attached hydrogen (secondary N) is 1. The number of aromatic nitrogens is 3. The highest BCUT2D eigenvalue weighted by molar-refractivity contribution is 7.99. The fourth-order valence-electron chi connectivity index (χ4n) is 2.59. The molecule has 0 aromatic carbocycles. The summed E-state index contributed by atoms with van der Waals surface area (Å²) in [6, 6.07) is 5.75. The van der Waals surface area contributed by atoms with Crippen molar-refractivity contribution in [1.82, 2.24) is 19.9 Å². The van der Waals surface area contributed by atoms with Crippen LogP contribution < -0.4 is 5.32 Å². The number of pyridine rings is 1. The summed E-state index contributed by atoms with van der Waals surface area (Å²) >= 11 is 1.41. The maximum Gasteiger partial charge on any atom is 0.230 e. The molecule has 1 N–H and O–H groups in total. The summed E-state index contributed by atoms with van der Waals surface area (Å²) in [5.74, 6) is 0.420. The number of hydrogen-bond acceptors (Lipinski definition) is 4. The lowest BCUT2D eigenvalue weighted by molar-refractivity contribution is -0.118. The highest BCUT2D eigenvalue weighted by Crippen LogP contribution is 2.19. The Morgan fingerprint density at radius 1 is 1.32 bits per heavy atom. The van der Waals surface area contributed by atoms with Gasteiger partial charge in [0.05, 0.1) is 5.75 Å². The molecule has 0 saturated carbocycles. The van der Waals surface area contributed by atoms with Crippen molar-refractivity contribution in [3.05, 3.63) is 36.0 Å². The third-order valence-electron chi connectivity index (χ3n) is 3.77. The minimum Gasteiger partial charge on any atom is -0.355 e. The van der Waals surface area contributed by atoms with Crippen molar-refractivity contribution in [2.45, 2.75) is 37.3 Å². The predicted molar refractivity (Wildman–Crippen MR) is 87.9 cm³/mol. The first-order chi connectivity index (χ1) is 10.8. The summed E-state index contributed by atoms with van der Waals surface area (Å²) in [6.45, 7) is 0.728. The molecule has 0 atom stereocenters. The Kier molecular flexibility index (Phi) is 5.11. The van der Waals surface area contributed by atoms with E-state index in [1.807, 2.05) is 28.8 Å². The Hall–Kier alpha value is -1.82. The molecule has 1 aliphatic rings. The molecular formula is C16H20N4OS. The van der Waals surface area contributed by atoms with Crippen LogP contribution in [0.1, 0.15) is 32.1 Å². The number of allylic oxidation sites excluding steroid dienone is 1. The normalized spacial score (nSPS) is 14.8. The van der Waals surface area contributed by atoms with Gasteiger partial charge in [-0.3, -0.25) is 9.20 Å². The van der Waals surface area contributed by atoms with E-state index in [0.717, 1.165) is 23.8 Å². The number of rotatable bonds is 6. The van der Waals surface area contributed by atoms with E-state index in [-0.39, 0.29) is 5.91 Å². The zero-order chi connectivity index (χ0) is 15.2. The Morgan fingerprint density at radius 3 is 3.14 bits per heavy atom. The maximum atomic E-state index is 11.9. The van der Waals surface area contributed by atoms with E-state index in [1.165, 1.54) is 43.0 Å². The summed E-state index contributed by atoms with van der Waals surface area (Å²) in [5, 5.41) is 11.9. The Morgan fingerprint density at radius 2 is 2.27 bits per heavy atom. The van der Waals surface area contributed by atoms with Gasteiger partial charge in [-0.15, -0.1) is 10.2 Å². The van der Waals surface area contributed by atoms with Crippen LogP contribution in [0.25, 0.3) is 5.65 Å². The molecule has 0 aliphatic heterocycles. The van der Waals surface area contributed by atoms with Crippen LogP contribution in [0.4, 0.5) is 0 Å². The van der Waals surface area contributed by atoms with Crippen LogP contribution in [0, 0.1) is 0 Å². The van der Waals surface area contributed by atoms with Crippen molar-refractivity contribution in [2.24, 2.45) is 0 Å². The van der Waals surface area contributed by atoms with Crippen LogP contribution in [-0.2, 0) is 4.79 Å². The van der Waals surface area contributed by atoms with Gasteiger partial charge in [0.15, 0.2) is 10.8 Å². The van der Waals surface area contributed by atoms with Gasteiger partial charge in [0.25, 0.3) is 0 Å². The van der Waals surface area contributed by atoms with Gasteiger partial charge < -0.3 is 5.32 Å². The third kappa shape index (κ3) is 3.88. The van der Waals surface area contributed by atoms with Crippen molar-refractivity contribution in [3.63, 3.8) is 0 Å². The average molecular weight is 316 g/mol. The Labute approximate surface area is 134 Å². The highest BCUT2D eigenvalue weighted by atomic mass is 32.2. The third-order valence-corrected chi connectivity index (χ3v) is 4.71. The van der Waals surface area contributed by atoms with E-state index in [1.54, 1.807) is 0 Å². The Bertz CT molecular complexity index is 680. The molecule has 0 fully saturated rings. The molecule has 0 spiro atoms. The summed E-state index contributed by atoms with van der Waals surface area (Å²) in [5.41, 5.74) is 2.29. The monoisotopic (exact) mass is 316 g/mol. The van der Waals surface area contributed by atoms with Crippen LogP contribution in [0.2, 0.25) is 0 Å². The quantitative estimate of drug-likeness (QED) is 0.657. The van der Waals surface area contributed by atoms with Gasteiger partial charge in [-0.1, -0.05) is 29.5 Å². The Balaban J connectivity index is 1.43. The standard InChI is InChI=1S/C16H20N4OS/c21-15(17-10-9-13-6-2-1-3-7-13)12-22-16-19-18-14-8-4-5-11-20(14)16/h4-6,8,11H,1-3,7,9-10,12H2,(H,17,21). The molecule has 3 rings (SSSR count). The molecular weight excluding hydrogens is 296 g/mol. The molecule has 2 heterocycles. The maximum absolute atomic E-state index is 11.9. The zero-order valence-corrected chi connectivity index (χ0v) is 13.3. The lowest BCUT2D eigenvalue weighted by atomic mass is 9.97. The molecule has 5 nitrogen and oxygen atoms in total. The lowest BCUT2D eigenvalue weighted by Crippen LogP contribution is -2.26. The number of thioether (sulfide) groups is 1. The van der Waals surface area contributed by atoms with Gasteiger partial charge in [0, 0.05) is 12.7 Å². The van der Waals surface area contributed by atoms with Crippen LogP contribution in [0.3, 0.4) is 0 Å². The fourth-order valence-corrected chi connectivity index (χ4v) is 3.35. The van der Waals surface area contributed by atoms with Gasteiger partial charge in [-0.25, -0.2) is 0 Å². The van der Waals surface area contributed by atoms with Crippen molar-refractivity contribution >= 4 is 23.3 Å². The molecule has 1 aliphatic carbocycles. The summed E-state index contributed by atoms with van der Waals surface area (Å²) in [6.07, 6.45) is 10.2. The topological polar surface area (TPSA) is 59.3 Å². The van der Waals surface area contributed by atoms with Gasteiger partial charge in [0.1, 0.15) is 0 Å². The second-order valence-electron chi connectivity index (χ2n) is 5.41. The number of hydrogen-bond donors (Lipinski definition) is 1. The minimum absolute atomic E-state index is 0.0501. The zero-order valence-electron chi connectivity index (χ0n) is 12.5. The highest BCUT2D eigenvalue weighted by Gasteiger charge is 2.09. The van der Waals surface area contributed by atoms with Crippen molar-refractivity contribution in [1.29, 1.82) is 0 Å². The first-order valence-corrected chi connectivity index (χ1v) is 8.68. The van der Waals surface area contributed by atoms with E-state index < -0.39 is 0 Å². The summed E-state index contributed by atoms with van der Waals surface area (Å²) in [4.78, 5) is 11.9. The van der Waals surface area contributed by atoms with E-state index in [2.05, 4.69) is 21.6 Å². The van der Waals surface area contributed by atoms with Gasteiger partial charge in [-0.2, -0.15) is 0 Å². The predicted octanol–water partition coefficient (Wildman–Crippen LogP) is 2.83.